The van der Waals surface area contributed by atoms with Gasteiger partial charge in [-0.1, -0.05) is 19.1 Å². The van der Waals surface area contributed by atoms with E-state index in [4.69, 9.17) is 11.0 Å². The molecular weight excluding hydrogens is 176 g/mol. The van der Waals surface area contributed by atoms with Gasteiger partial charge >= 0.3 is 0 Å². The average molecular weight is 190 g/mol. The summed E-state index contributed by atoms with van der Waals surface area (Å²) in [5, 5.41) is 18.0. The van der Waals surface area contributed by atoms with E-state index < -0.39 is 6.04 Å². The topological polar surface area (TPSA) is 70.0 Å². The molecule has 14 heavy (non-hydrogen) atoms. The van der Waals surface area contributed by atoms with E-state index in [1.807, 2.05) is 25.1 Å². The number of nitrogens with zero attached hydrogens (tertiary/aromatic N) is 1. The molecule has 0 aliphatic carbocycles. The molecule has 0 aromatic heterocycles. The number of phenols is 1. The van der Waals surface area contributed by atoms with Crippen molar-refractivity contribution < 1.29 is 5.11 Å². The Morgan fingerprint density at radius 2 is 2.29 bits per heavy atom. The Kier molecular flexibility index (Phi) is 3.49. The van der Waals surface area contributed by atoms with Crippen LogP contribution in [0.3, 0.4) is 0 Å². The van der Waals surface area contributed by atoms with Crippen LogP contribution < -0.4 is 5.73 Å². The third-order valence-corrected chi connectivity index (χ3v) is 2.21. The first kappa shape index (κ1) is 10.6. The molecule has 1 rings (SSSR count). The van der Waals surface area contributed by atoms with Crippen LogP contribution in [0.2, 0.25) is 0 Å². The zero-order valence-corrected chi connectivity index (χ0v) is 8.20. The fraction of sp³-hybridized carbons (Fsp3) is 0.364. The van der Waals surface area contributed by atoms with Gasteiger partial charge in [-0.15, -0.1) is 0 Å². The molecule has 0 aliphatic heterocycles. The Balaban J connectivity index is 3.00. The Morgan fingerprint density at radius 3 is 2.86 bits per heavy atom. The van der Waals surface area contributed by atoms with E-state index in [0.29, 0.717) is 5.56 Å². The predicted octanol–water partition coefficient (Wildman–Crippen LogP) is 1.87. The van der Waals surface area contributed by atoms with E-state index in [1.165, 1.54) is 0 Å². The second-order valence-electron chi connectivity index (χ2n) is 3.22. The van der Waals surface area contributed by atoms with Crippen molar-refractivity contribution in [2.45, 2.75) is 25.8 Å². The Labute approximate surface area is 83.8 Å². The van der Waals surface area contributed by atoms with Crippen LogP contribution in [-0.2, 0) is 6.42 Å². The summed E-state index contributed by atoms with van der Waals surface area (Å²) < 4.78 is 0. The largest absolute Gasteiger partial charge is 0.508 e. The molecule has 1 unspecified atom stereocenters. The fourth-order valence-electron chi connectivity index (χ4n) is 1.33. The molecule has 0 saturated carbocycles. The normalized spacial score (nSPS) is 12.1. The molecule has 0 heterocycles. The molecule has 0 spiro atoms. The van der Waals surface area contributed by atoms with E-state index in [9.17, 15) is 5.11 Å². The molecule has 0 radical (unpaired) electrons. The van der Waals surface area contributed by atoms with Crippen LogP contribution in [-0.4, -0.2) is 5.11 Å². The minimum absolute atomic E-state index is 0.171. The summed E-state index contributed by atoms with van der Waals surface area (Å²) in [7, 11) is 0. The first-order valence-electron chi connectivity index (χ1n) is 4.63. The quantitative estimate of drug-likeness (QED) is 0.764. The molecule has 1 aromatic rings. The van der Waals surface area contributed by atoms with Crippen molar-refractivity contribution >= 4 is 0 Å². The van der Waals surface area contributed by atoms with Gasteiger partial charge in [-0.05, 0) is 18.1 Å². The third-order valence-electron chi connectivity index (χ3n) is 2.21. The van der Waals surface area contributed by atoms with Crippen molar-refractivity contribution in [2.24, 2.45) is 5.73 Å². The number of hydrogen-bond donors (Lipinski definition) is 2. The summed E-state index contributed by atoms with van der Waals surface area (Å²) in [4.78, 5) is 0. The maximum Gasteiger partial charge on any atom is 0.120 e. The van der Waals surface area contributed by atoms with Gasteiger partial charge in [-0.25, -0.2) is 0 Å². The van der Waals surface area contributed by atoms with Crippen molar-refractivity contribution in [3.8, 4) is 11.8 Å². The van der Waals surface area contributed by atoms with Crippen molar-refractivity contribution in [2.75, 3.05) is 0 Å². The second kappa shape index (κ2) is 4.64. The molecule has 0 amide bonds. The standard InChI is InChI=1S/C11H14N2O/c1-2-8-3-4-11(14)9(7-8)10(13)5-6-12/h3-4,7,10,14H,2,5,13H2,1H3. The van der Waals surface area contributed by atoms with Gasteiger partial charge in [0.15, 0.2) is 0 Å². The SMILES string of the molecule is CCc1ccc(O)c(C(N)CC#N)c1. The lowest BCUT2D eigenvalue weighted by molar-refractivity contribution is 0.461. The second-order valence-corrected chi connectivity index (χ2v) is 3.22. The van der Waals surface area contributed by atoms with Gasteiger partial charge < -0.3 is 10.8 Å². The van der Waals surface area contributed by atoms with Crippen molar-refractivity contribution in [3.63, 3.8) is 0 Å². The molecule has 3 heteroatoms. The van der Waals surface area contributed by atoms with Crippen LogP contribution in [0.25, 0.3) is 0 Å². The fourth-order valence-corrected chi connectivity index (χ4v) is 1.33. The molecule has 0 bridgehead atoms. The summed E-state index contributed by atoms with van der Waals surface area (Å²) in [6.45, 7) is 2.03. The van der Waals surface area contributed by atoms with Gasteiger partial charge in [-0.3, -0.25) is 0 Å². The number of nitrogens with two attached hydrogens (primary N) is 1. The van der Waals surface area contributed by atoms with Crippen molar-refractivity contribution in [1.29, 1.82) is 5.26 Å². The van der Waals surface area contributed by atoms with Crippen LogP contribution >= 0.6 is 0 Å². The number of aryl methyl sites for hydroxylation is 1. The van der Waals surface area contributed by atoms with Crippen LogP contribution in [0.4, 0.5) is 0 Å². The van der Waals surface area contributed by atoms with Gasteiger partial charge in [-0.2, -0.15) is 5.26 Å². The van der Waals surface area contributed by atoms with E-state index in [-0.39, 0.29) is 12.2 Å². The van der Waals surface area contributed by atoms with Crippen LogP contribution in [0.1, 0.15) is 30.5 Å². The molecule has 0 saturated heterocycles. The average Bonchev–Trinajstić information content (AvgIpc) is 2.19. The number of hydrogen-bond acceptors (Lipinski definition) is 3. The lowest BCUT2D eigenvalue weighted by atomic mass is 10.0. The Morgan fingerprint density at radius 1 is 1.57 bits per heavy atom. The summed E-state index contributed by atoms with van der Waals surface area (Å²) in [5.74, 6) is 0.171. The zero-order valence-electron chi connectivity index (χ0n) is 8.20. The Hall–Kier alpha value is -1.53. The highest BCUT2D eigenvalue weighted by atomic mass is 16.3. The van der Waals surface area contributed by atoms with Crippen LogP contribution in [0.5, 0.6) is 5.75 Å². The number of phenolic OH excluding ortho intramolecular Hbond substituents is 1. The monoisotopic (exact) mass is 190 g/mol. The van der Waals surface area contributed by atoms with Gasteiger partial charge in [0.2, 0.25) is 0 Å². The Bertz CT molecular complexity index is 355. The third kappa shape index (κ3) is 2.24. The summed E-state index contributed by atoms with van der Waals surface area (Å²) in [6, 6.07) is 6.95. The number of benzene rings is 1. The van der Waals surface area contributed by atoms with Gasteiger partial charge in [0, 0.05) is 11.6 Å². The minimum Gasteiger partial charge on any atom is -0.508 e. The van der Waals surface area contributed by atoms with Gasteiger partial charge in [0.1, 0.15) is 5.75 Å². The molecular formula is C11H14N2O. The first-order chi connectivity index (χ1) is 6.69. The van der Waals surface area contributed by atoms with E-state index >= 15 is 0 Å². The number of rotatable bonds is 3. The highest BCUT2D eigenvalue weighted by Crippen LogP contribution is 2.25. The van der Waals surface area contributed by atoms with Gasteiger partial charge in [0.05, 0.1) is 12.5 Å². The molecule has 1 atom stereocenters. The highest BCUT2D eigenvalue weighted by Gasteiger charge is 2.10. The number of aromatic hydroxyl groups is 1. The van der Waals surface area contributed by atoms with Gasteiger partial charge in [0.25, 0.3) is 0 Å². The molecule has 1 aromatic carbocycles. The first-order valence-corrected chi connectivity index (χ1v) is 4.63. The molecule has 3 nitrogen and oxygen atoms in total. The van der Waals surface area contributed by atoms with E-state index in [2.05, 4.69) is 0 Å². The van der Waals surface area contributed by atoms with E-state index in [1.54, 1.807) is 6.07 Å². The molecule has 0 fully saturated rings. The summed E-state index contributed by atoms with van der Waals surface area (Å²) in [6.07, 6.45) is 1.12. The number of nitriles is 1. The highest BCUT2D eigenvalue weighted by molar-refractivity contribution is 5.38. The van der Waals surface area contributed by atoms with Crippen LogP contribution in [0.15, 0.2) is 18.2 Å². The summed E-state index contributed by atoms with van der Waals surface area (Å²) in [5.41, 5.74) is 7.52. The molecule has 74 valence electrons. The van der Waals surface area contributed by atoms with Crippen LogP contribution in [0, 0.1) is 11.3 Å². The lowest BCUT2D eigenvalue weighted by Gasteiger charge is -2.11. The minimum atomic E-state index is -0.397. The molecule has 3 N–H and O–H groups in total. The maximum absolute atomic E-state index is 9.54. The zero-order chi connectivity index (χ0) is 10.6. The summed E-state index contributed by atoms with van der Waals surface area (Å²) >= 11 is 0. The van der Waals surface area contributed by atoms with E-state index in [0.717, 1.165) is 12.0 Å². The predicted molar refractivity (Wildman–Crippen MR) is 54.6 cm³/mol. The van der Waals surface area contributed by atoms with Crippen molar-refractivity contribution in [3.05, 3.63) is 29.3 Å². The smallest absolute Gasteiger partial charge is 0.120 e. The van der Waals surface area contributed by atoms with Crippen molar-refractivity contribution in [1.82, 2.24) is 0 Å². The lowest BCUT2D eigenvalue weighted by Crippen LogP contribution is -2.09. The molecule has 0 aliphatic rings. The maximum atomic E-state index is 9.54.